The van der Waals surface area contributed by atoms with Gasteiger partial charge in [-0.25, -0.2) is 9.67 Å². The molecule has 1 aliphatic heterocycles. The number of aromatic nitrogens is 3. The van der Waals surface area contributed by atoms with Crippen LogP contribution in [0.25, 0.3) is 5.82 Å². The highest BCUT2D eigenvalue weighted by atomic mass is 79.9. The zero-order chi connectivity index (χ0) is 20.5. The third kappa shape index (κ3) is 3.60. The molecule has 0 atom stereocenters. The van der Waals surface area contributed by atoms with Crippen LogP contribution in [0.3, 0.4) is 0 Å². The second kappa shape index (κ2) is 7.87. The minimum atomic E-state index is -0.0251. The minimum absolute atomic E-state index is 0.0251. The van der Waals surface area contributed by atoms with Crippen molar-refractivity contribution < 1.29 is 14.3 Å². The van der Waals surface area contributed by atoms with Crippen LogP contribution < -0.4 is 9.47 Å². The van der Waals surface area contributed by atoms with Gasteiger partial charge in [0.2, 0.25) is 0 Å². The van der Waals surface area contributed by atoms with Gasteiger partial charge in [-0.3, -0.25) is 4.79 Å². The second-order valence-corrected chi connectivity index (χ2v) is 7.72. The molecule has 150 valence electrons. The molecule has 4 rings (SSSR count). The van der Waals surface area contributed by atoms with Gasteiger partial charge < -0.3 is 14.4 Å². The molecule has 0 spiro atoms. The number of carbonyl (C=O) groups excluding carboxylic acids is 1. The Hall–Kier alpha value is -2.87. The molecule has 2 aromatic heterocycles. The summed E-state index contributed by atoms with van der Waals surface area (Å²) in [6.45, 7) is 2.92. The van der Waals surface area contributed by atoms with Crippen molar-refractivity contribution in [1.82, 2.24) is 19.7 Å². The third-order valence-electron chi connectivity index (χ3n) is 5.06. The molecule has 0 unspecified atom stereocenters. The van der Waals surface area contributed by atoms with Crippen molar-refractivity contribution >= 4 is 21.8 Å². The summed E-state index contributed by atoms with van der Waals surface area (Å²) in [7, 11) is 3.23. The Labute approximate surface area is 177 Å². The normalized spacial score (nSPS) is 13.4. The number of fused-ring (bicyclic) bond motifs is 1. The van der Waals surface area contributed by atoms with E-state index in [9.17, 15) is 4.79 Å². The Balaban J connectivity index is 1.65. The predicted octanol–water partition coefficient (Wildman–Crippen LogP) is 3.55. The summed E-state index contributed by atoms with van der Waals surface area (Å²) in [6, 6.07) is 9.40. The maximum absolute atomic E-state index is 13.3. The van der Waals surface area contributed by atoms with Gasteiger partial charge in [-0.05, 0) is 31.2 Å². The number of hydrogen-bond acceptors (Lipinski definition) is 5. The van der Waals surface area contributed by atoms with Gasteiger partial charge in [0, 0.05) is 41.8 Å². The molecule has 0 saturated heterocycles. The fraction of sp³-hybridized carbons (Fsp3) is 0.286. The molecule has 29 heavy (non-hydrogen) atoms. The highest BCUT2D eigenvalue weighted by Crippen LogP contribution is 2.29. The summed E-state index contributed by atoms with van der Waals surface area (Å²) in [5, 5.41) is 4.60. The Kier molecular flexibility index (Phi) is 5.27. The summed E-state index contributed by atoms with van der Waals surface area (Å²) < 4.78 is 13.4. The Morgan fingerprint density at radius 1 is 1.17 bits per heavy atom. The summed E-state index contributed by atoms with van der Waals surface area (Å²) in [5.74, 6) is 2.09. The van der Waals surface area contributed by atoms with Crippen LogP contribution in [0.1, 0.15) is 27.3 Å². The standard InChI is InChI=1S/C21H21BrN4O3/c1-13-20-17(26(24-13)19-10-15(22)6-8-23-19)7-9-25(21(20)27)12-14-4-5-16(28-2)11-18(14)29-3/h4-6,8,10-11H,7,9,12H2,1-3H3. The van der Waals surface area contributed by atoms with Gasteiger partial charge in [0.25, 0.3) is 5.91 Å². The molecule has 1 amide bonds. The first kappa shape index (κ1) is 19.4. The van der Waals surface area contributed by atoms with E-state index >= 15 is 0 Å². The summed E-state index contributed by atoms with van der Waals surface area (Å²) >= 11 is 3.47. The SMILES string of the molecule is COc1ccc(CN2CCc3c(c(C)nn3-c3cc(Br)ccn3)C2=O)c(OC)c1. The molecular weight excluding hydrogens is 436 g/mol. The first-order valence-electron chi connectivity index (χ1n) is 9.22. The summed E-state index contributed by atoms with van der Waals surface area (Å²) in [6.07, 6.45) is 2.42. The molecule has 0 radical (unpaired) electrons. The molecule has 0 bridgehead atoms. The van der Waals surface area contributed by atoms with Gasteiger partial charge in [-0.15, -0.1) is 0 Å². The number of benzene rings is 1. The number of hydrogen-bond donors (Lipinski definition) is 0. The maximum atomic E-state index is 13.3. The van der Waals surface area contributed by atoms with Gasteiger partial charge >= 0.3 is 0 Å². The number of amides is 1. The number of ether oxygens (including phenoxy) is 2. The molecule has 3 heterocycles. The van der Waals surface area contributed by atoms with E-state index in [4.69, 9.17) is 9.47 Å². The molecule has 1 aliphatic rings. The van der Waals surface area contributed by atoms with Crippen molar-refractivity contribution in [3.05, 3.63) is 63.5 Å². The van der Waals surface area contributed by atoms with Crippen molar-refractivity contribution in [1.29, 1.82) is 0 Å². The maximum Gasteiger partial charge on any atom is 0.257 e. The van der Waals surface area contributed by atoms with Crippen LogP contribution in [-0.4, -0.2) is 46.3 Å². The Morgan fingerprint density at radius 3 is 2.72 bits per heavy atom. The van der Waals surface area contributed by atoms with E-state index < -0.39 is 0 Å². The van der Waals surface area contributed by atoms with Gasteiger partial charge in [0.05, 0.1) is 31.2 Å². The van der Waals surface area contributed by atoms with Crippen LogP contribution >= 0.6 is 15.9 Å². The molecule has 0 aliphatic carbocycles. The fourth-order valence-corrected chi connectivity index (χ4v) is 3.95. The van der Waals surface area contributed by atoms with Crippen LogP contribution in [0.5, 0.6) is 11.5 Å². The lowest BCUT2D eigenvalue weighted by molar-refractivity contribution is 0.0724. The zero-order valence-corrected chi connectivity index (χ0v) is 18.1. The summed E-state index contributed by atoms with van der Waals surface area (Å²) in [4.78, 5) is 19.5. The number of aryl methyl sites for hydroxylation is 1. The molecular formula is C21H21BrN4O3. The van der Waals surface area contributed by atoms with Crippen molar-refractivity contribution in [2.24, 2.45) is 0 Å². The third-order valence-corrected chi connectivity index (χ3v) is 5.55. The van der Waals surface area contributed by atoms with Gasteiger partial charge in [-0.2, -0.15) is 5.10 Å². The van der Waals surface area contributed by atoms with E-state index in [0.717, 1.165) is 21.5 Å². The van der Waals surface area contributed by atoms with Crippen LogP contribution in [0, 0.1) is 6.92 Å². The highest BCUT2D eigenvalue weighted by Gasteiger charge is 2.31. The lowest BCUT2D eigenvalue weighted by atomic mass is 10.0. The van der Waals surface area contributed by atoms with Crippen LogP contribution in [-0.2, 0) is 13.0 Å². The lowest BCUT2D eigenvalue weighted by Gasteiger charge is -2.28. The molecule has 3 aromatic rings. The Morgan fingerprint density at radius 2 is 2.00 bits per heavy atom. The molecule has 0 N–H and O–H groups in total. The number of rotatable bonds is 5. The van der Waals surface area contributed by atoms with Crippen molar-refractivity contribution in [2.75, 3.05) is 20.8 Å². The fourth-order valence-electron chi connectivity index (χ4n) is 3.62. The number of pyridine rings is 1. The smallest absolute Gasteiger partial charge is 0.257 e. The first-order chi connectivity index (χ1) is 14.0. The number of nitrogens with zero attached hydrogens (tertiary/aromatic N) is 4. The van der Waals surface area contributed by atoms with Gasteiger partial charge in [0.15, 0.2) is 5.82 Å². The number of methoxy groups -OCH3 is 2. The lowest BCUT2D eigenvalue weighted by Crippen LogP contribution is -2.37. The monoisotopic (exact) mass is 456 g/mol. The average molecular weight is 457 g/mol. The number of carbonyl (C=O) groups is 1. The molecule has 0 fully saturated rings. The van der Waals surface area contributed by atoms with E-state index in [1.54, 1.807) is 25.1 Å². The van der Waals surface area contributed by atoms with E-state index in [0.29, 0.717) is 42.3 Å². The predicted molar refractivity (Wildman–Crippen MR) is 112 cm³/mol. The van der Waals surface area contributed by atoms with Crippen molar-refractivity contribution in [2.45, 2.75) is 19.9 Å². The quantitative estimate of drug-likeness (QED) is 0.586. The molecule has 0 saturated carbocycles. The van der Waals surface area contributed by atoms with Gasteiger partial charge in [0.1, 0.15) is 11.5 Å². The van der Waals surface area contributed by atoms with E-state index in [1.807, 2.05) is 42.2 Å². The average Bonchev–Trinajstić information content (AvgIpc) is 3.07. The Bertz CT molecular complexity index is 1080. The van der Waals surface area contributed by atoms with Crippen LogP contribution in [0.2, 0.25) is 0 Å². The van der Waals surface area contributed by atoms with Crippen molar-refractivity contribution in [3.8, 4) is 17.3 Å². The summed E-state index contributed by atoms with van der Waals surface area (Å²) in [5.41, 5.74) is 3.20. The van der Waals surface area contributed by atoms with Crippen LogP contribution in [0.15, 0.2) is 41.0 Å². The zero-order valence-electron chi connectivity index (χ0n) is 16.5. The molecule has 8 heteroatoms. The van der Waals surface area contributed by atoms with E-state index in [1.165, 1.54) is 0 Å². The second-order valence-electron chi connectivity index (χ2n) is 6.81. The number of halogens is 1. The largest absolute Gasteiger partial charge is 0.497 e. The van der Waals surface area contributed by atoms with Gasteiger partial charge in [-0.1, -0.05) is 15.9 Å². The molecule has 1 aromatic carbocycles. The van der Waals surface area contributed by atoms with Crippen LogP contribution in [0.4, 0.5) is 0 Å². The highest BCUT2D eigenvalue weighted by molar-refractivity contribution is 9.10. The first-order valence-corrected chi connectivity index (χ1v) is 10.0. The minimum Gasteiger partial charge on any atom is -0.497 e. The molecule has 7 nitrogen and oxygen atoms in total. The van der Waals surface area contributed by atoms with E-state index in [-0.39, 0.29) is 5.91 Å². The topological polar surface area (TPSA) is 69.5 Å². The van der Waals surface area contributed by atoms with Crippen molar-refractivity contribution in [3.63, 3.8) is 0 Å². The van der Waals surface area contributed by atoms with E-state index in [2.05, 4.69) is 26.0 Å².